The van der Waals surface area contributed by atoms with Gasteiger partial charge in [-0.1, -0.05) is 11.6 Å². The standard InChI is InChI=1S/C13H13ClN4O3/c1-18-7-10(11(17-18)12(19)21-2)16-13(20)15-9-5-3-8(14)4-6-9/h3-7H,1-2H3,(H2,15,16,20). The van der Waals surface area contributed by atoms with Gasteiger partial charge in [0.2, 0.25) is 0 Å². The molecule has 0 radical (unpaired) electrons. The summed E-state index contributed by atoms with van der Waals surface area (Å²) in [6, 6.07) is 6.12. The Hall–Kier alpha value is -2.54. The molecule has 0 unspecified atom stereocenters. The SMILES string of the molecule is COC(=O)c1nn(C)cc1NC(=O)Nc1ccc(Cl)cc1. The summed E-state index contributed by atoms with van der Waals surface area (Å²) in [7, 11) is 2.88. The summed E-state index contributed by atoms with van der Waals surface area (Å²) >= 11 is 5.76. The lowest BCUT2D eigenvalue weighted by Gasteiger charge is -2.07. The van der Waals surface area contributed by atoms with Gasteiger partial charge in [0, 0.05) is 24.0 Å². The Balaban J connectivity index is 2.09. The van der Waals surface area contributed by atoms with Crippen molar-refractivity contribution in [3.63, 3.8) is 0 Å². The molecule has 8 heteroatoms. The second kappa shape index (κ2) is 6.27. The van der Waals surface area contributed by atoms with Crippen molar-refractivity contribution in [3.05, 3.63) is 41.2 Å². The molecule has 21 heavy (non-hydrogen) atoms. The van der Waals surface area contributed by atoms with E-state index in [-0.39, 0.29) is 11.4 Å². The highest BCUT2D eigenvalue weighted by Gasteiger charge is 2.18. The number of rotatable bonds is 3. The first-order valence-corrected chi connectivity index (χ1v) is 6.33. The molecule has 0 aliphatic carbocycles. The first-order chi connectivity index (χ1) is 9.99. The Morgan fingerprint density at radius 2 is 1.90 bits per heavy atom. The molecule has 0 aliphatic heterocycles. The van der Waals surface area contributed by atoms with Crippen LogP contribution in [0.15, 0.2) is 30.5 Å². The normalized spacial score (nSPS) is 10.0. The van der Waals surface area contributed by atoms with Crippen LogP contribution in [0.2, 0.25) is 5.02 Å². The monoisotopic (exact) mass is 308 g/mol. The van der Waals surface area contributed by atoms with Crippen LogP contribution >= 0.6 is 11.6 Å². The number of urea groups is 1. The molecule has 1 heterocycles. The van der Waals surface area contributed by atoms with Crippen molar-refractivity contribution in [1.29, 1.82) is 0 Å². The fourth-order valence-corrected chi connectivity index (χ4v) is 1.77. The van der Waals surface area contributed by atoms with Crippen LogP contribution in [0.25, 0.3) is 0 Å². The average molecular weight is 309 g/mol. The molecule has 1 aromatic heterocycles. The van der Waals surface area contributed by atoms with Crippen LogP contribution < -0.4 is 10.6 Å². The molecular formula is C13H13ClN4O3. The zero-order chi connectivity index (χ0) is 15.4. The van der Waals surface area contributed by atoms with E-state index in [9.17, 15) is 9.59 Å². The third-order valence-electron chi connectivity index (χ3n) is 2.56. The number of amides is 2. The number of anilines is 2. The van der Waals surface area contributed by atoms with Gasteiger partial charge in [0.15, 0.2) is 5.69 Å². The Morgan fingerprint density at radius 1 is 1.24 bits per heavy atom. The molecule has 2 aromatic rings. The van der Waals surface area contributed by atoms with Gasteiger partial charge in [0.1, 0.15) is 0 Å². The molecule has 110 valence electrons. The molecule has 0 spiro atoms. The van der Waals surface area contributed by atoms with E-state index in [4.69, 9.17) is 11.6 Å². The number of benzene rings is 1. The van der Waals surface area contributed by atoms with E-state index >= 15 is 0 Å². The molecule has 7 nitrogen and oxygen atoms in total. The molecular weight excluding hydrogens is 296 g/mol. The molecule has 0 atom stereocenters. The van der Waals surface area contributed by atoms with Gasteiger partial charge in [-0.25, -0.2) is 9.59 Å². The minimum Gasteiger partial charge on any atom is -0.464 e. The molecule has 2 amide bonds. The van der Waals surface area contributed by atoms with Crippen LogP contribution in [0.5, 0.6) is 0 Å². The van der Waals surface area contributed by atoms with Crippen LogP contribution in [-0.2, 0) is 11.8 Å². The summed E-state index contributed by atoms with van der Waals surface area (Å²) in [4.78, 5) is 23.4. The lowest BCUT2D eigenvalue weighted by molar-refractivity contribution is 0.0594. The van der Waals surface area contributed by atoms with Gasteiger partial charge in [-0.2, -0.15) is 5.10 Å². The number of aryl methyl sites for hydroxylation is 1. The highest BCUT2D eigenvalue weighted by atomic mass is 35.5. The van der Waals surface area contributed by atoms with Crippen LogP contribution in [0, 0.1) is 0 Å². The van der Waals surface area contributed by atoms with E-state index in [1.54, 1.807) is 31.3 Å². The molecule has 2 rings (SSSR count). The topological polar surface area (TPSA) is 85.2 Å². The first-order valence-electron chi connectivity index (χ1n) is 5.95. The van der Waals surface area contributed by atoms with E-state index in [1.165, 1.54) is 18.0 Å². The second-order valence-electron chi connectivity index (χ2n) is 4.14. The van der Waals surface area contributed by atoms with Crippen LogP contribution in [0.3, 0.4) is 0 Å². The van der Waals surface area contributed by atoms with E-state index < -0.39 is 12.0 Å². The lowest BCUT2D eigenvalue weighted by atomic mass is 10.3. The molecule has 1 aromatic carbocycles. The predicted molar refractivity (Wildman–Crippen MR) is 78.6 cm³/mol. The van der Waals surface area contributed by atoms with Crippen molar-refractivity contribution >= 4 is 35.0 Å². The number of methoxy groups -OCH3 is 1. The van der Waals surface area contributed by atoms with Gasteiger partial charge >= 0.3 is 12.0 Å². The number of carbonyl (C=O) groups excluding carboxylic acids is 2. The van der Waals surface area contributed by atoms with E-state index in [1.807, 2.05) is 0 Å². The fraction of sp³-hybridized carbons (Fsp3) is 0.154. The van der Waals surface area contributed by atoms with Crippen molar-refractivity contribution in [1.82, 2.24) is 9.78 Å². The van der Waals surface area contributed by atoms with Crippen LogP contribution in [-0.4, -0.2) is 28.9 Å². The van der Waals surface area contributed by atoms with Crippen LogP contribution in [0.1, 0.15) is 10.5 Å². The summed E-state index contributed by atoms with van der Waals surface area (Å²) in [5, 5.41) is 9.66. The number of ether oxygens (including phenoxy) is 1. The van der Waals surface area contributed by atoms with Gasteiger partial charge in [-0.05, 0) is 24.3 Å². The fourth-order valence-electron chi connectivity index (χ4n) is 1.65. The number of hydrogen-bond acceptors (Lipinski definition) is 4. The maximum Gasteiger partial charge on any atom is 0.360 e. The van der Waals surface area contributed by atoms with E-state index in [2.05, 4.69) is 20.5 Å². The van der Waals surface area contributed by atoms with E-state index in [0.717, 1.165) is 0 Å². The van der Waals surface area contributed by atoms with Gasteiger partial charge in [-0.3, -0.25) is 4.68 Å². The Kier molecular flexibility index (Phi) is 4.44. The van der Waals surface area contributed by atoms with Gasteiger partial charge < -0.3 is 15.4 Å². The maximum atomic E-state index is 11.9. The minimum atomic E-state index is -0.627. The predicted octanol–water partition coefficient (Wildman–Crippen LogP) is 2.50. The zero-order valence-electron chi connectivity index (χ0n) is 11.4. The molecule has 0 bridgehead atoms. The number of halogens is 1. The molecule has 0 saturated carbocycles. The Labute approximate surface area is 125 Å². The quantitative estimate of drug-likeness (QED) is 0.853. The van der Waals surface area contributed by atoms with Gasteiger partial charge in [-0.15, -0.1) is 0 Å². The molecule has 0 saturated heterocycles. The van der Waals surface area contributed by atoms with Crippen molar-refractivity contribution in [2.75, 3.05) is 17.7 Å². The second-order valence-corrected chi connectivity index (χ2v) is 4.58. The maximum absolute atomic E-state index is 11.9. The molecule has 0 fully saturated rings. The summed E-state index contributed by atoms with van der Waals surface area (Å²) < 4.78 is 6.01. The van der Waals surface area contributed by atoms with Crippen molar-refractivity contribution in [2.45, 2.75) is 0 Å². The molecule has 0 aliphatic rings. The average Bonchev–Trinajstić information content (AvgIpc) is 2.81. The summed E-state index contributed by atoms with van der Waals surface area (Å²) in [5.41, 5.74) is 0.863. The number of aromatic nitrogens is 2. The smallest absolute Gasteiger partial charge is 0.360 e. The number of esters is 1. The lowest BCUT2D eigenvalue weighted by Crippen LogP contribution is -2.20. The highest BCUT2D eigenvalue weighted by Crippen LogP contribution is 2.16. The van der Waals surface area contributed by atoms with Gasteiger partial charge in [0.05, 0.1) is 12.8 Å². The van der Waals surface area contributed by atoms with E-state index in [0.29, 0.717) is 10.7 Å². The number of nitrogens with one attached hydrogen (secondary N) is 2. The minimum absolute atomic E-state index is 0.0336. The number of nitrogens with zero attached hydrogens (tertiary/aromatic N) is 2. The third-order valence-corrected chi connectivity index (χ3v) is 2.81. The summed E-state index contributed by atoms with van der Waals surface area (Å²) in [6.07, 6.45) is 1.51. The summed E-state index contributed by atoms with van der Waals surface area (Å²) in [6.45, 7) is 0. The van der Waals surface area contributed by atoms with Crippen molar-refractivity contribution < 1.29 is 14.3 Å². The number of carbonyl (C=O) groups is 2. The zero-order valence-corrected chi connectivity index (χ0v) is 12.1. The van der Waals surface area contributed by atoms with Gasteiger partial charge in [0.25, 0.3) is 0 Å². The highest BCUT2D eigenvalue weighted by molar-refractivity contribution is 6.30. The van der Waals surface area contributed by atoms with Crippen molar-refractivity contribution in [3.8, 4) is 0 Å². The largest absolute Gasteiger partial charge is 0.464 e. The molecule has 2 N–H and O–H groups in total. The summed E-state index contributed by atoms with van der Waals surface area (Å²) in [5.74, 6) is -0.627. The van der Waals surface area contributed by atoms with Crippen LogP contribution in [0.4, 0.5) is 16.2 Å². The number of hydrogen-bond donors (Lipinski definition) is 2. The first kappa shape index (κ1) is 14.9. The Morgan fingerprint density at radius 3 is 2.52 bits per heavy atom. The third kappa shape index (κ3) is 3.73. The Bertz CT molecular complexity index is 667. The van der Waals surface area contributed by atoms with Crippen molar-refractivity contribution in [2.24, 2.45) is 7.05 Å².